The van der Waals surface area contributed by atoms with Crippen LogP contribution in [0.3, 0.4) is 0 Å². The van der Waals surface area contributed by atoms with Gasteiger partial charge in [0.1, 0.15) is 11.0 Å². The van der Waals surface area contributed by atoms with Gasteiger partial charge < -0.3 is 4.90 Å². The maximum absolute atomic E-state index is 12.8. The lowest BCUT2D eigenvalue weighted by Gasteiger charge is -2.30. The van der Waals surface area contributed by atoms with Gasteiger partial charge in [0.25, 0.3) is 0 Å². The fourth-order valence-electron chi connectivity index (χ4n) is 2.58. The zero-order valence-electron chi connectivity index (χ0n) is 11.3. The van der Waals surface area contributed by atoms with Crippen molar-refractivity contribution in [3.05, 3.63) is 17.0 Å². The predicted octanol–water partition coefficient (Wildman–Crippen LogP) is 4.31. The molecule has 1 aromatic rings. The number of hydrogen-bond donors (Lipinski definition) is 0. The van der Waals surface area contributed by atoms with E-state index in [0.717, 1.165) is 32.1 Å². The Kier molecular flexibility index (Phi) is 4.73. The van der Waals surface area contributed by atoms with Gasteiger partial charge in [-0.1, -0.05) is 31.4 Å². The lowest BCUT2D eigenvalue weighted by atomic mass is 10.1. The summed E-state index contributed by atoms with van der Waals surface area (Å²) in [6.07, 6.45) is 0.424. The number of aromatic nitrogens is 2. The highest BCUT2D eigenvalue weighted by Gasteiger charge is 2.36. The Labute approximate surface area is 121 Å². The average Bonchev–Trinajstić information content (AvgIpc) is 2.61. The van der Waals surface area contributed by atoms with Gasteiger partial charge in [0.05, 0.1) is 0 Å². The van der Waals surface area contributed by atoms with E-state index in [1.54, 1.807) is 0 Å². The van der Waals surface area contributed by atoms with Crippen LogP contribution in [-0.4, -0.2) is 22.6 Å². The number of rotatable bonds is 2. The van der Waals surface area contributed by atoms with E-state index < -0.39 is 12.0 Å². The molecule has 0 N–H and O–H groups in total. The summed E-state index contributed by atoms with van der Waals surface area (Å²) in [5.41, 5.74) is 0. The molecule has 7 heteroatoms. The van der Waals surface area contributed by atoms with Crippen molar-refractivity contribution in [1.29, 1.82) is 0 Å². The number of halogens is 4. The van der Waals surface area contributed by atoms with Crippen LogP contribution in [0.15, 0.2) is 6.07 Å². The van der Waals surface area contributed by atoms with E-state index in [2.05, 4.69) is 9.97 Å². The van der Waals surface area contributed by atoms with E-state index in [1.807, 2.05) is 11.8 Å². The number of nitrogens with zero attached hydrogens (tertiary/aromatic N) is 3. The van der Waals surface area contributed by atoms with Gasteiger partial charge >= 0.3 is 6.18 Å². The first-order valence-corrected chi connectivity index (χ1v) is 7.18. The topological polar surface area (TPSA) is 29.0 Å². The molecule has 0 saturated carbocycles. The summed E-state index contributed by atoms with van der Waals surface area (Å²) in [6.45, 7) is 2.75. The largest absolute Gasteiger partial charge is 0.451 e. The molecule has 1 atom stereocenters. The van der Waals surface area contributed by atoms with Crippen LogP contribution in [0.1, 0.15) is 44.9 Å². The molecule has 0 amide bonds. The quantitative estimate of drug-likeness (QED) is 0.762. The molecular formula is C13H17ClF3N3. The molecule has 1 aliphatic rings. The Balaban J connectivity index is 2.37. The first-order chi connectivity index (χ1) is 9.41. The monoisotopic (exact) mass is 307 g/mol. The highest BCUT2D eigenvalue weighted by atomic mass is 35.5. The van der Waals surface area contributed by atoms with E-state index in [-0.39, 0.29) is 17.0 Å². The first kappa shape index (κ1) is 15.4. The van der Waals surface area contributed by atoms with E-state index >= 15 is 0 Å². The highest BCUT2D eigenvalue weighted by molar-refractivity contribution is 6.29. The Morgan fingerprint density at radius 1 is 1.30 bits per heavy atom. The van der Waals surface area contributed by atoms with Crippen molar-refractivity contribution < 1.29 is 13.2 Å². The lowest BCUT2D eigenvalue weighted by Crippen LogP contribution is -2.35. The van der Waals surface area contributed by atoms with Gasteiger partial charge in [0.2, 0.25) is 5.82 Å². The van der Waals surface area contributed by atoms with E-state index in [9.17, 15) is 13.2 Å². The van der Waals surface area contributed by atoms with E-state index in [0.29, 0.717) is 6.54 Å². The molecule has 1 aliphatic heterocycles. The SMILES string of the molecule is CCC1CCCCCN1c1cc(Cl)nc(C(F)(F)F)n1. The summed E-state index contributed by atoms with van der Waals surface area (Å²) < 4.78 is 38.3. The van der Waals surface area contributed by atoms with Crippen LogP contribution in [-0.2, 0) is 6.18 Å². The highest BCUT2D eigenvalue weighted by Crippen LogP contribution is 2.31. The molecule has 1 aromatic heterocycles. The summed E-state index contributed by atoms with van der Waals surface area (Å²) >= 11 is 5.73. The van der Waals surface area contributed by atoms with Gasteiger partial charge in [0, 0.05) is 18.7 Å². The van der Waals surface area contributed by atoms with E-state index in [4.69, 9.17) is 11.6 Å². The van der Waals surface area contributed by atoms with Crippen molar-refractivity contribution >= 4 is 17.4 Å². The molecule has 1 saturated heterocycles. The molecule has 2 rings (SSSR count). The van der Waals surface area contributed by atoms with Crippen LogP contribution < -0.4 is 4.90 Å². The second kappa shape index (κ2) is 6.16. The Hall–Kier alpha value is -1.04. The van der Waals surface area contributed by atoms with Crippen molar-refractivity contribution in [2.24, 2.45) is 0 Å². The van der Waals surface area contributed by atoms with Gasteiger partial charge in [-0.3, -0.25) is 0 Å². The van der Waals surface area contributed by atoms with Gasteiger partial charge in [0.15, 0.2) is 0 Å². The smallest absolute Gasteiger partial charge is 0.353 e. The minimum Gasteiger partial charge on any atom is -0.353 e. The summed E-state index contributed by atoms with van der Waals surface area (Å²) in [7, 11) is 0. The zero-order valence-corrected chi connectivity index (χ0v) is 12.0. The van der Waals surface area contributed by atoms with Crippen LogP contribution in [0, 0.1) is 0 Å². The van der Waals surface area contributed by atoms with Crippen LogP contribution in [0.5, 0.6) is 0 Å². The summed E-state index contributed by atoms with van der Waals surface area (Å²) in [5, 5.41) is -0.165. The molecule has 0 spiro atoms. The predicted molar refractivity (Wildman–Crippen MR) is 71.9 cm³/mol. The maximum atomic E-state index is 12.8. The summed E-state index contributed by atoms with van der Waals surface area (Å²) in [4.78, 5) is 8.89. The van der Waals surface area contributed by atoms with Crippen molar-refractivity contribution in [2.45, 2.75) is 51.2 Å². The third-order valence-electron chi connectivity index (χ3n) is 3.58. The van der Waals surface area contributed by atoms with Crippen molar-refractivity contribution in [2.75, 3.05) is 11.4 Å². The number of alkyl halides is 3. The maximum Gasteiger partial charge on any atom is 0.451 e. The molecule has 1 fully saturated rings. The van der Waals surface area contributed by atoms with Crippen LogP contribution >= 0.6 is 11.6 Å². The van der Waals surface area contributed by atoms with E-state index in [1.165, 1.54) is 6.07 Å². The van der Waals surface area contributed by atoms with Crippen molar-refractivity contribution in [3.63, 3.8) is 0 Å². The average molecular weight is 308 g/mol. The third kappa shape index (κ3) is 3.53. The summed E-state index contributed by atoms with van der Waals surface area (Å²) in [6, 6.07) is 1.63. The molecule has 0 bridgehead atoms. The second-order valence-corrected chi connectivity index (χ2v) is 5.36. The second-order valence-electron chi connectivity index (χ2n) is 4.98. The molecule has 1 unspecified atom stereocenters. The minimum atomic E-state index is -4.58. The molecule has 2 heterocycles. The normalized spacial score (nSPS) is 20.9. The third-order valence-corrected chi connectivity index (χ3v) is 3.77. The Morgan fingerprint density at radius 2 is 2.05 bits per heavy atom. The lowest BCUT2D eigenvalue weighted by molar-refractivity contribution is -0.144. The van der Waals surface area contributed by atoms with Gasteiger partial charge in [-0.25, -0.2) is 9.97 Å². The van der Waals surface area contributed by atoms with Crippen LogP contribution in [0.2, 0.25) is 5.15 Å². The fourth-order valence-corrected chi connectivity index (χ4v) is 2.76. The van der Waals surface area contributed by atoms with Gasteiger partial charge in [-0.2, -0.15) is 13.2 Å². The van der Waals surface area contributed by atoms with Crippen molar-refractivity contribution in [3.8, 4) is 0 Å². The van der Waals surface area contributed by atoms with Gasteiger partial charge in [-0.05, 0) is 19.3 Å². The molecule has 0 aromatic carbocycles. The minimum absolute atomic E-state index is 0.165. The molecule has 112 valence electrons. The standard InChI is InChI=1S/C13H17ClF3N3/c1-2-9-6-4-3-5-7-20(9)11-8-10(14)18-12(19-11)13(15,16)17/h8-9H,2-7H2,1H3. The molecular weight excluding hydrogens is 291 g/mol. The van der Waals surface area contributed by atoms with Gasteiger partial charge in [-0.15, -0.1) is 0 Å². The molecule has 20 heavy (non-hydrogen) atoms. The van der Waals surface area contributed by atoms with Crippen LogP contribution in [0.25, 0.3) is 0 Å². The molecule has 0 aliphatic carbocycles. The molecule has 0 radical (unpaired) electrons. The number of hydrogen-bond acceptors (Lipinski definition) is 3. The Morgan fingerprint density at radius 3 is 2.70 bits per heavy atom. The first-order valence-electron chi connectivity index (χ1n) is 6.80. The van der Waals surface area contributed by atoms with Crippen LogP contribution in [0.4, 0.5) is 19.0 Å². The fraction of sp³-hybridized carbons (Fsp3) is 0.692. The molecule has 3 nitrogen and oxygen atoms in total. The van der Waals surface area contributed by atoms with Crippen molar-refractivity contribution in [1.82, 2.24) is 9.97 Å². The Bertz CT molecular complexity index is 465. The number of anilines is 1. The zero-order chi connectivity index (χ0) is 14.8. The summed E-state index contributed by atoms with van der Waals surface area (Å²) in [5.74, 6) is -0.884.